The maximum Gasteiger partial charge on any atom is 0.171 e. The molecule has 1 saturated carbocycles. The first-order valence-electron chi connectivity index (χ1n) is 12.6. The first kappa shape index (κ1) is 22.8. The average Bonchev–Trinajstić information content (AvgIpc) is 3.04. The van der Waals surface area contributed by atoms with E-state index in [4.69, 9.17) is 10.5 Å². The third-order valence-electron chi connectivity index (χ3n) is 10.2. The molecule has 0 aromatic carbocycles. The third-order valence-corrected chi connectivity index (χ3v) is 17.8. The van der Waals surface area contributed by atoms with Crippen LogP contribution in [0.3, 0.4) is 0 Å². The van der Waals surface area contributed by atoms with Crippen molar-refractivity contribution in [1.29, 1.82) is 0 Å². The second-order valence-corrected chi connectivity index (χ2v) is 18.4. The number of likely N-dealkylation sites (tertiary alicyclic amines) is 1. The summed E-state index contributed by atoms with van der Waals surface area (Å²) >= 11 is 0. The van der Waals surface area contributed by atoms with E-state index >= 15 is 0 Å². The molecule has 5 rings (SSSR count). The predicted molar refractivity (Wildman–Crippen MR) is 130 cm³/mol. The van der Waals surface area contributed by atoms with Crippen molar-refractivity contribution in [2.75, 3.05) is 13.6 Å². The Kier molecular flexibility index (Phi) is 4.87. The Morgan fingerprint density at radius 3 is 2.34 bits per heavy atom. The molecule has 2 aliphatic heterocycles. The number of rotatable bonds is 4. The van der Waals surface area contributed by atoms with Gasteiger partial charge < -0.3 is 19.8 Å². The topological polar surface area (TPSA) is 79.0 Å². The molecule has 1 spiro atoms. The Morgan fingerprint density at radius 2 is 1.75 bits per heavy atom. The number of nitrogens with two attached hydrogens (primary N) is 1. The highest BCUT2D eigenvalue weighted by molar-refractivity contribution is 6.86. The lowest BCUT2D eigenvalue weighted by Gasteiger charge is -2.59. The van der Waals surface area contributed by atoms with E-state index < -0.39 is 25.1 Å². The molecule has 1 saturated heterocycles. The van der Waals surface area contributed by atoms with Crippen LogP contribution in [-0.4, -0.2) is 59.9 Å². The molecule has 6 heteroatoms. The van der Waals surface area contributed by atoms with Gasteiger partial charge in [0.25, 0.3) is 0 Å². The smallest absolute Gasteiger partial charge is 0.171 e. The fourth-order valence-electron chi connectivity index (χ4n) is 9.40. The van der Waals surface area contributed by atoms with Crippen LogP contribution in [-0.2, 0) is 4.74 Å². The molecule has 0 aromatic rings. The van der Waals surface area contributed by atoms with Crippen molar-refractivity contribution in [1.82, 2.24) is 4.90 Å². The van der Waals surface area contributed by atoms with Gasteiger partial charge in [0.05, 0.1) is 0 Å². The Labute approximate surface area is 194 Å². The summed E-state index contributed by atoms with van der Waals surface area (Å²) in [4.78, 5) is 2.46. The van der Waals surface area contributed by atoms with Gasteiger partial charge in [0.15, 0.2) is 11.8 Å². The molecule has 2 fully saturated rings. The zero-order valence-electron chi connectivity index (χ0n) is 20.9. The van der Waals surface area contributed by atoms with Crippen molar-refractivity contribution in [2.45, 2.75) is 101 Å². The highest BCUT2D eigenvalue weighted by Gasteiger charge is 2.72. The summed E-state index contributed by atoms with van der Waals surface area (Å²) < 4.78 is 6.83. The van der Waals surface area contributed by atoms with Crippen LogP contribution in [0.25, 0.3) is 0 Å². The van der Waals surface area contributed by atoms with Crippen LogP contribution in [0.1, 0.15) is 60.8 Å². The van der Waals surface area contributed by atoms with E-state index in [0.29, 0.717) is 29.1 Å². The van der Waals surface area contributed by atoms with Gasteiger partial charge in [0.1, 0.15) is 19.1 Å². The molecule has 3 aliphatic carbocycles. The van der Waals surface area contributed by atoms with E-state index in [-0.39, 0.29) is 11.3 Å². The Morgan fingerprint density at radius 1 is 1.12 bits per heavy atom. The maximum atomic E-state index is 12.8. The number of hydrogen-bond acceptors (Lipinski definition) is 5. The fraction of sp³-hybridized carbons (Fsp3) is 0.769. The SMILES string of the molecule is CC(C)[Si](C(C)C)(C(C)C)C1(O)CC=C2C[C@@H]3[C@@H]4C=C[C@](N)(O)[C@@H]5OC1=C2[C@@]54CCN3C. The second-order valence-electron chi connectivity index (χ2n) is 12.2. The highest BCUT2D eigenvalue weighted by atomic mass is 28.3. The van der Waals surface area contributed by atoms with E-state index in [0.717, 1.165) is 25.1 Å². The zero-order valence-corrected chi connectivity index (χ0v) is 21.9. The number of ether oxygens (including phenoxy) is 1. The lowest BCUT2D eigenvalue weighted by molar-refractivity contribution is -0.140. The molecule has 1 unspecified atom stereocenters. The normalized spacial score (nSPS) is 43.2. The molecule has 32 heavy (non-hydrogen) atoms. The van der Waals surface area contributed by atoms with Crippen LogP contribution in [0, 0.1) is 11.3 Å². The Hall–Kier alpha value is -0.923. The van der Waals surface area contributed by atoms with Crippen LogP contribution >= 0.6 is 0 Å². The molecule has 5 aliphatic rings. The highest BCUT2D eigenvalue weighted by Crippen LogP contribution is 2.68. The summed E-state index contributed by atoms with van der Waals surface area (Å²) in [7, 11) is -0.147. The molecule has 2 bridgehead atoms. The molecule has 0 amide bonds. The van der Waals surface area contributed by atoms with Crippen LogP contribution in [0.2, 0.25) is 16.6 Å². The largest absolute Gasteiger partial charge is 0.486 e. The molecule has 2 heterocycles. The number of hydrogen-bond donors (Lipinski definition) is 3. The van der Waals surface area contributed by atoms with Crippen molar-refractivity contribution in [3.8, 4) is 0 Å². The number of aliphatic hydroxyl groups is 2. The van der Waals surface area contributed by atoms with Crippen molar-refractivity contribution >= 4 is 8.07 Å². The standard InChI is InChI=1S/C26H42N2O3Si/c1-15(2)32(16(3)4,17(5)6)26(30)11-8-18-14-20-19-9-10-25(27,29)23-24(19,12-13-28(20)7)21(18)22(26)31-23/h8-10,15-17,19-20,23,29-30H,11-14,27H2,1-7H3/t19-,20+,23+,24-,25-,26?/m0/s1. The van der Waals surface area contributed by atoms with Crippen LogP contribution in [0.15, 0.2) is 35.1 Å². The van der Waals surface area contributed by atoms with Gasteiger partial charge in [-0.1, -0.05) is 53.7 Å². The summed E-state index contributed by atoms with van der Waals surface area (Å²) in [5.41, 5.74) is 8.31. The van der Waals surface area contributed by atoms with Crippen LogP contribution in [0.5, 0.6) is 0 Å². The minimum Gasteiger partial charge on any atom is -0.486 e. The van der Waals surface area contributed by atoms with E-state index in [1.165, 1.54) is 11.1 Å². The minimum atomic E-state index is -2.36. The fourth-order valence-corrected chi connectivity index (χ4v) is 17.3. The van der Waals surface area contributed by atoms with Crippen LogP contribution < -0.4 is 5.73 Å². The van der Waals surface area contributed by atoms with Gasteiger partial charge in [-0.2, -0.15) is 0 Å². The first-order valence-corrected chi connectivity index (χ1v) is 14.8. The average molecular weight is 459 g/mol. The summed E-state index contributed by atoms with van der Waals surface area (Å²) in [6.07, 6.45) is 8.18. The van der Waals surface area contributed by atoms with Gasteiger partial charge in [-0.3, -0.25) is 5.73 Å². The molecule has 0 aromatic heterocycles. The summed E-state index contributed by atoms with van der Waals surface area (Å²) in [5, 5.41) is 23.2. The number of piperidine rings is 1. The van der Waals surface area contributed by atoms with Gasteiger partial charge in [0, 0.05) is 22.9 Å². The minimum absolute atomic E-state index is 0.246. The summed E-state index contributed by atoms with van der Waals surface area (Å²) in [6.45, 7) is 14.7. The molecule has 4 N–H and O–H groups in total. The molecular weight excluding hydrogens is 416 g/mol. The van der Waals surface area contributed by atoms with Crippen molar-refractivity contribution < 1.29 is 14.9 Å². The van der Waals surface area contributed by atoms with E-state index in [1.807, 2.05) is 0 Å². The summed E-state index contributed by atoms with van der Waals surface area (Å²) in [5.74, 6) is 1.03. The van der Waals surface area contributed by atoms with Gasteiger partial charge >= 0.3 is 0 Å². The van der Waals surface area contributed by atoms with Crippen molar-refractivity contribution in [3.05, 3.63) is 35.1 Å². The van der Waals surface area contributed by atoms with Gasteiger partial charge in [-0.25, -0.2) is 0 Å². The van der Waals surface area contributed by atoms with Gasteiger partial charge in [-0.15, -0.1) is 0 Å². The van der Waals surface area contributed by atoms with E-state index in [9.17, 15) is 10.2 Å². The van der Waals surface area contributed by atoms with E-state index in [1.54, 1.807) is 6.08 Å². The quantitative estimate of drug-likeness (QED) is 0.339. The van der Waals surface area contributed by atoms with Gasteiger partial charge in [0.2, 0.25) is 0 Å². The second kappa shape index (κ2) is 6.82. The van der Waals surface area contributed by atoms with Crippen LogP contribution in [0.4, 0.5) is 0 Å². The number of nitrogens with zero attached hydrogens (tertiary/aromatic N) is 1. The summed E-state index contributed by atoms with van der Waals surface area (Å²) in [6, 6.07) is 0.380. The first-order chi connectivity index (χ1) is 14.9. The van der Waals surface area contributed by atoms with Crippen molar-refractivity contribution in [2.24, 2.45) is 17.1 Å². The Bertz CT molecular complexity index is 898. The molecule has 178 valence electrons. The van der Waals surface area contributed by atoms with E-state index in [2.05, 4.69) is 65.6 Å². The molecule has 6 atom stereocenters. The molecule has 0 radical (unpaired) electrons. The monoisotopic (exact) mass is 458 g/mol. The maximum absolute atomic E-state index is 12.8. The lowest BCUT2D eigenvalue weighted by atomic mass is 9.50. The van der Waals surface area contributed by atoms with Crippen molar-refractivity contribution in [3.63, 3.8) is 0 Å². The molecular formula is C26H42N2O3Si. The predicted octanol–water partition coefficient (Wildman–Crippen LogP) is 3.85. The Balaban J connectivity index is 1.78. The third kappa shape index (κ3) is 2.38. The molecule has 5 nitrogen and oxygen atoms in total. The van der Waals surface area contributed by atoms with Gasteiger partial charge in [-0.05, 0) is 61.1 Å². The zero-order chi connectivity index (χ0) is 23.4. The lowest BCUT2D eigenvalue weighted by Crippen LogP contribution is -2.67.